The lowest BCUT2D eigenvalue weighted by atomic mass is 10.3. The van der Waals surface area contributed by atoms with Crippen LogP contribution in [0.15, 0.2) is 30.5 Å². The summed E-state index contributed by atoms with van der Waals surface area (Å²) in [6.07, 6.45) is 2.63. The first-order chi connectivity index (χ1) is 9.15. The number of nitrogens with zero attached hydrogens (tertiary/aromatic N) is 3. The third-order valence-corrected chi connectivity index (χ3v) is 2.64. The Kier molecular flexibility index (Phi) is 4.46. The van der Waals surface area contributed by atoms with E-state index in [0.717, 1.165) is 12.1 Å². The minimum atomic E-state index is -0.265. The molecule has 0 amide bonds. The summed E-state index contributed by atoms with van der Waals surface area (Å²) < 4.78 is 19.9. The highest BCUT2D eigenvalue weighted by Crippen LogP contribution is 2.11. The van der Waals surface area contributed by atoms with Gasteiger partial charge in [-0.05, 0) is 31.2 Å². The predicted molar refractivity (Wildman–Crippen MR) is 69.1 cm³/mol. The van der Waals surface area contributed by atoms with Gasteiger partial charge in [0, 0.05) is 19.0 Å². The van der Waals surface area contributed by atoms with Crippen LogP contribution in [0.25, 0.3) is 0 Å². The summed E-state index contributed by atoms with van der Waals surface area (Å²) in [6, 6.07) is 5.87. The van der Waals surface area contributed by atoms with Crippen LogP contribution in [0.2, 0.25) is 0 Å². The second-order valence-corrected chi connectivity index (χ2v) is 4.35. The molecule has 2 rings (SSSR count). The highest BCUT2D eigenvalue weighted by atomic mass is 19.1. The summed E-state index contributed by atoms with van der Waals surface area (Å²) in [5.41, 5.74) is 6.48. The van der Waals surface area contributed by atoms with Crippen molar-refractivity contribution in [2.75, 3.05) is 6.61 Å². The average molecular weight is 264 g/mol. The molecule has 0 saturated heterocycles. The Morgan fingerprint density at radius 3 is 2.74 bits per heavy atom. The Labute approximate surface area is 111 Å². The van der Waals surface area contributed by atoms with E-state index in [9.17, 15) is 4.39 Å². The second kappa shape index (κ2) is 6.29. The van der Waals surface area contributed by atoms with Gasteiger partial charge < -0.3 is 10.5 Å². The zero-order valence-corrected chi connectivity index (χ0v) is 10.8. The van der Waals surface area contributed by atoms with Crippen molar-refractivity contribution in [3.8, 4) is 5.75 Å². The molecule has 19 heavy (non-hydrogen) atoms. The smallest absolute Gasteiger partial charge is 0.123 e. The molecule has 1 aromatic heterocycles. The van der Waals surface area contributed by atoms with E-state index in [0.29, 0.717) is 18.9 Å². The number of ether oxygens (including phenoxy) is 1. The van der Waals surface area contributed by atoms with E-state index in [4.69, 9.17) is 10.5 Å². The fraction of sp³-hybridized carbons (Fsp3) is 0.385. The summed E-state index contributed by atoms with van der Waals surface area (Å²) in [6.45, 7) is 3.12. The van der Waals surface area contributed by atoms with Crippen molar-refractivity contribution in [3.63, 3.8) is 0 Å². The highest BCUT2D eigenvalue weighted by Gasteiger charge is 2.04. The first-order valence-corrected chi connectivity index (χ1v) is 6.19. The van der Waals surface area contributed by atoms with E-state index in [2.05, 4.69) is 10.3 Å². The van der Waals surface area contributed by atoms with E-state index in [1.807, 2.05) is 13.1 Å². The lowest BCUT2D eigenvalue weighted by Crippen LogP contribution is -2.06. The van der Waals surface area contributed by atoms with E-state index in [1.54, 1.807) is 16.8 Å². The minimum absolute atomic E-state index is 0.107. The molecule has 0 aliphatic heterocycles. The standard InChI is InChI=1S/C13H17FN4O/c1-10(15)13-9-18(17-16-13)7-2-8-19-12-5-3-11(14)4-6-12/h3-6,9-10H,2,7-8,15H2,1H3. The highest BCUT2D eigenvalue weighted by molar-refractivity contribution is 5.21. The number of halogens is 1. The Balaban J connectivity index is 1.72. The fourth-order valence-electron chi connectivity index (χ4n) is 1.58. The van der Waals surface area contributed by atoms with Gasteiger partial charge in [-0.25, -0.2) is 4.39 Å². The number of aryl methyl sites for hydroxylation is 1. The summed E-state index contributed by atoms with van der Waals surface area (Å²) >= 11 is 0. The maximum Gasteiger partial charge on any atom is 0.123 e. The molecule has 6 heteroatoms. The minimum Gasteiger partial charge on any atom is -0.494 e. The van der Waals surface area contributed by atoms with E-state index < -0.39 is 0 Å². The molecule has 0 radical (unpaired) electrons. The van der Waals surface area contributed by atoms with Gasteiger partial charge in [0.2, 0.25) is 0 Å². The maximum atomic E-state index is 12.7. The van der Waals surface area contributed by atoms with E-state index in [-0.39, 0.29) is 11.9 Å². The molecule has 1 unspecified atom stereocenters. The molecular weight excluding hydrogens is 247 g/mol. The third kappa shape index (κ3) is 4.03. The van der Waals surface area contributed by atoms with Crippen molar-refractivity contribution < 1.29 is 9.13 Å². The van der Waals surface area contributed by atoms with Crippen LogP contribution in [0, 0.1) is 5.82 Å². The number of benzene rings is 1. The molecule has 102 valence electrons. The van der Waals surface area contributed by atoms with Gasteiger partial charge in [-0.15, -0.1) is 5.10 Å². The normalized spacial score (nSPS) is 12.4. The van der Waals surface area contributed by atoms with Crippen molar-refractivity contribution in [3.05, 3.63) is 42.0 Å². The molecule has 1 atom stereocenters. The van der Waals surface area contributed by atoms with Gasteiger partial charge in [-0.3, -0.25) is 4.68 Å². The van der Waals surface area contributed by atoms with Crippen LogP contribution in [0.4, 0.5) is 4.39 Å². The molecule has 2 aromatic rings. The molecule has 0 bridgehead atoms. The Bertz CT molecular complexity index is 510. The molecular formula is C13H17FN4O. The number of hydrogen-bond acceptors (Lipinski definition) is 4. The van der Waals surface area contributed by atoms with Crippen LogP contribution >= 0.6 is 0 Å². The zero-order valence-electron chi connectivity index (χ0n) is 10.8. The predicted octanol–water partition coefficient (Wildman–Crippen LogP) is 1.91. The van der Waals surface area contributed by atoms with Gasteiger partial charge in [-0.2, -0.15) is 0 Å². The van der Waals surface area contributed by atoms with Crippen molar-refractivity contribution in [2.24, 2.45) is 5.73 Å². The van der Waals surface area contributed by atoms with Gasteiger partial charge in [0.15, 0.2) is 0 Å². The lowest BCUT2D eigenvalue weighted by molar-refractivity contribution is 0.297. The van der Waals surface area contributed by atoms with Crippen LogP contribution in [0.5, 0.6) is 5.75 Å². The zero-order chi connectivity index (χ0) is 13.7. The average Bonchev–Trinajstić information content (AvgIpc) is 2.86. The summed E-state index contributed by atoms with van der Waals surface area (Å²) in [5.74, 6) is 0.398. The van der Waals surface area contributed by atoms with Gasteiger partial charge in [0.25, 0.3) is 0 Å². The second-order valence-electron chi connectivity index (χ2n) is 4.35. The molecule has 0 aliphatic carbocycles. The van der Waals surface area contributed by atoms with Crippen molar-refractivity contribution in [1.82, 2.24) is 15.0 Å². The molecule has 1 aromatic carbocycles. The first kappa shape index (κ1) is 13.5. The van der Waals surface area contributed by atoms with Gasteiger partial charge in [-0.1, -0.05) is 5.21 Å². The summed E-state index contributed by atoms with van der Waals surface area (Å²) in [4.78, 5) is 0. The molecule has 0 fully saturated rings. The Morgan fingerprint density at radius 1 is 1.37 bits per heavy atom. The van der Waals surface area contributed by atoms with Crippen LogP contribution in [-0.2, 0) is 6.54 Å². The SMILES string of the molecule is CC(N)c1cn(CCCOc2ccc(F)cc2)nn1. The van der Waals surface area contributed by atoms with Crippen LogP contribution in [-0.4, -0.2) is 21.6 Å². The van der Waals surface area contributed by atoms with E-state index >= 15 is 0 Å². The molecule has 0 aliphatic rings. The van der Waals surface area contributed by atoms with Crippen molar-refractivity contribution >= 4 is 0 Å². The van der Waals surface area contributed by atoms with Gasteiger partial charge in [0.05, 0.1) is 18.5 Å². The molecule has 0 spiro atoms. The molecule has 5 nitrogen and oxygen atoms in total. The maximum absolute atomic E-state index is 12.7. The van der Waals surface area contributed by atoms with Gasteiger partial charge in [0.1, 0.15) is 11.6 Å². The van der Waals surface area contributed by atoms with Crippen LogP contribution in [0.3, 0.4) is 0 Å². The molecule has 0 saturated carbocycles. The fourth-order valence-corrected chi connectivity index (χ4v) is 1.58. The van der Waals surface area contributed by atoms with Crippen LogP contribution in [0.1, 0.15) is 25.1 Å². The van der Waals surface area contributed by atoms with Gasteiger partial charge >= 0.3 is 0 Å². The largest absolute Gasteiger partial charge is 0.494 e. The quantitative estimate of drug-likeness (QED) is 0.809. The number of hydrogen-bond donors (Lipinski definition) is 1. The monoisotopic (exact) mass is 264 g/mol. The summed E-state index contributed by atoms with van der Waals surface area (Å²) in [7, 11) is 0. The lowest BCUT2D eigenvalue weighted by Gasteiger charge is -2.05. The summed E-state index contributed by atoms with van der Waals surface area (Å²) in [5, 5.41) is 7.94. The number of aromatic nitrogens is 3. The Hall–Kier alpha value is -1.95. The van der Waals surface area contributed by atoms with Crippen LogP contribution < -0.4 is 10.5 Å². The van der Waals surface area contributed by atoms with Crippen molar-refractivity contribution in [2.45, 2.75) is 25.9 Å². The third-order valence-electron chi connectivity index (χ3n) is 2.64. The number of nitrogens with two attached hydrogens (primary N) is 1. The molecule has 1 heterocycles. The number of rotatable bonds is 6. The van der Waals surface area contributed by atoms with E-state index in [1.165, 1.54) is 12.1 Å². The topological polar surface area (TPSA) is 66.0 Å². The first-order valence-electron chi connectivity index (χ1n) is 6.19. The molecule has 2 N–H and O–H groups in total. The Morgan fingerprint density at radius 2 is 2.11 bits per heavy atom. The van der Waals surface area contributed by atoms with Crippen molar-refractivity contribution in [1.29, 1.82) is 0 Å².